The Morgan fingerprint density at radius 3 is 2.57 bits per heavy atom. The molecule has 84 valence electrons. The molecule has 0 aromatic rings. The topological polar surface area (TPSA) is 47.3 Å². The molecule has 1 fully saturated rings. The fourth-order valence-electron chi connectivity index (χ4n) is 2.38. The van der Waals surface area contributed by atoms with Crippen molar-refractivity contribution in [3.8, 4) is 0 Å². The highest BCUT2D eigenvalue weighted by Crippen LogP contribution is 2.29. The van der Waals surface area contributed by atoms with Crippen LogP contribution < -0.4 is 11.3 Å². The molecule has 1 aliphatic carbocycles. The molecule has 0 heterocycles. The van der Waals surface area contributed by atoms with Crippen molar-refractivity contribution in [2.45, 2.75) is 58.1 Å². The van der Waals surface area contributed by atoms with E-state index < -0.39 is 0 Å². The molecule has 0 aromatic heterocycles. The van der Waals surface area contributed by atoms with Crippen molar-refractivity contribution in [2.75, 3.05) is 6.61 Å². The van der Waals surface area contributed by atoms with Crippen LogP contribution in [0.4, 0.5) is 0 Å². The highest BCUT2D eigenvalue weighted by atomic mass is 16.5. The molecule has 2 atom stereocenters. The molecule has 0 radical (unpaired) electrons. The Bertz CT molecular complexity index is 146. The number of hydrogen-bond acceptors (Lipinski definition) is 3. The van der Waals surface area contributed by atoms with Gasteiger partial charge in [0, 0.05) is 12.6 Å². The Morgan fingerprint density at radius 2 is 2.07 bits per heavy atom. The first kappa shape index (κ1) is 12.0. The summed E-state index contributed by atoms with van der Waals surface area (Å²) < 4.78 is 5.56. The van der Waals surface area contributed by atoms with E-state index in [1.54, 1.807) is 0 Å². The fourth-order valence-corrected chi connectivity index (χ4v) is 2.38. The minimum Gasteiger partial charge on any atom is -0.377 e. The zero-order valence-electron chi connectivity index (χ0n) is 9.46. The summed E-state index contributed by atoms with van der Waals surface area (Å²) in [6.45, 7) is 4.90. The van der Waals surface area contributed by atoms with Crippen molar-refractivity contribution in [2.24, 2.45) is 11.8 Å². The average molecular weight is 200 g/mol. The van der Waals surface area contributed by atoms with E-state index in [4.69, 9.17) is 10.6 Å². The van der Waals surface area contributed by atoms with Crippen molar-refractivity contribution in [1.29, 1.82) is 0 Å². The Kier molecular flexibility index (Phi) is 5.45. The summed E-state index contributed by atoms with van der Waals surface area (Å²) in [6, 6.07) is 0.318. The van der Waals surface area contributed by atoms with E-state index in [0.717, 1.165) is 18.9 Å². The first-order chi connectivity index (χ1) is 6.77. The van der Waals surface area contributed by atoms with E-state index in [9.17, 15) is 0 Å². The van der Waals surface area contributed by atoms with E-state index >= 15 is 0 Å². The first-order valence-corrected chi connectivity index (χ1v) is 5.85. The molecular formula is C11H24N2O. The molecule has 0 amide bonds. The second-order valence-corrected chi connectivity index (χ2v) is 4.32. The molecule has 0 bridgehead atoms. The predicted molar refractivity (Wildman–Crippen MR) is 58.8 cm³/mol. The van der Waals surface area contributed by atoms with Crippen molar-refractivity contribution >= 4 is 0 Å². The van der Waals surface area contributed by atoms with Gasteiger partial charge in [0.2, 0.25) is 0 Å². The van der Waals surface area contributed by atoms with Crippen LogP contribution in [0.15, 0.2) is 0 Å². The average Bonchev–Trinajstić information content (AvgIpc) is 2.66. The molecule has 0 saturated heterocycles. The molecule has 0 aliphatic heterocycles. The second kappa shape index (κ2) is 6.38. The van der Waals surface area contributed by atoms with Gasteiger partial charge in [-0.1, -0.05) is 25.7 Å². The molecule has 1 saturated carbocycles. The highest BCUT2D eigenvalue weighted by Gasteiger charge is 2.23. The number of nitrogens with one attached hydrogen (secondary N) is 1. The third kappa shape index (κ3) is 3.56. The SMILES string of the molecule is CCOC(C)C(CC1CCCC1)NN. The van der Waals surface area contributed by atoms with Gasteiger partial charge in [-0.2, -0.15) is 0 Å². The number of hydrogen-bond donors (Lipinski definition) is 2. The van der Waals surface area contributed by atoms with E-state index in [2.05, 4.69) is 12.3 Å². The number of rotatable bonds is 6. The molecule has 1 aliphatic rings. The fraction of sp³-hybridized carbons (Fsp3) is 1.00. The summed E-state index contributed by atoms with van der Waals surface area (Å²) in [4.78, 5) is 0. The van der Waals surface area contributed by atoms with Gasteiger partial charge in [0.05, 0.1) is 6.10 Å². The van der Waals surface area contributed by atoms with E-state index in [0.29, 0.717) is 6.04 Å². The van der Waals surface area contributed by atoms with Crippen LogP contribution in [0.25, 0.3) is 0 Å². The number of ether oxygens (including phenoxy) is 1. The summed E-state index contributed by atoms with van der Waals surface area (Å²) in [5.74, 6) is 6.41. The second-order valence-electron chi connectivity index (χ2n) is 4.32. The van der Waals surface area contributed by atoms with Crippen LogP contribution in [0.2, 0.25) is 0 Å². The van der Waals surface area contributed by atoms with Crippen LogP contribution >= 0.6 is 0 Å². The van der Waals surface area contributed by atoms with Crippen LogP contribution in [-0.2, 0) is 4.74 Å². The maximum absolute atomic E-state index is 5.56. The van der Waals surface area contributed by atoms with Crippen LogP contribution in [-0.4, -0.2) is 18.8 Å². The van der Waals surface area contributed by atoms with Gasteiger partial charge in [-0.3, -0.25) is 11.3 Å². The van der Waals surface area contributed by atoms with Gasteiger partial charge in [-0.05, 0) is 26.2 Å². The van der Waals surface area contributed by atoms with Gasteiger partial charge < -0.3 is 4.74 Å². The minimum absolute atomic E-state index is 0.227. The maximum Gasteiger partial charge on any atom is 0.0713 e. The molecular weight excluding hydrogens is 176 g/mol. The lowest BCUT2D eigenvalue weighted by Crippen LogP contribution is -2.44. The van der Waals surface area contributed by atoms with Crippen molar-refractivity contribution < 1.29 is 4.74 Å². The molecule has 2 unspecified atom stereocenters. The first-order valence-electron chi connectivity index (χ1n) is 5.85. The Balaban J connectivity index is 2.29. The number of hydrazine groups is 1. The summed E-state index contributed by atoms with van der Waals surface area (Å²) in [7, 11) is 0. The van der Waals surface area contributed by atoms with Crippen molar-refractivity contribution in [1.82, 2.24) is 5.43 Å². The molecule has 0 spiro atoms. The van der Waals surface area contributed by atoms with Crippen LogP contribution in [0, 0.1) is 5.92 Å². The van der Waals surface area contributed by atoms with Crippen molar-refractivity contribution in [3.05, 3.63) is 0 Å². The molecule has 0 aromatic carbocycles. The van der Waals surface area contributed by atoms with Crippen LogP contribution in [0.1, 0.15) is 46.0 Å². The smallest absolute Gasteiger partial charge is 0.0713 e. The van der Waals surface area contributed by atoms with E-state index in [-0.39, 0.29) is 6.10 Å². The Labute approximate surface area is 87.4 Å². The molecule has 3 heteroatoms. The molecule has 1 rings (SSSR count). The highest BCUT2D eigenvalue weighted by molar-refractivity contribution is 4.78. The monoisotopic (exact) mass is 200 g/mol. The normalized spacial score (nSPS) is 22.5. The molecule has 3 nitrogen and oxygen atoms in total. The van der Waals surface area contributed by atoms with Gasteiger partial charge in [-0.25, -0.2) is 0 Å². The van der Waals surface area contributed by atoms with E-state index in [1.165, 1.54) is 25.7 Å². The number of nitrogens with two attached hydrogens (primary N) is 1. The van der Waals surface area contributed by atoms with Crippen molar-refractivity contribution in [3.63, 3.8) is 0 Å². The van der Waals surface area contributed by atoms with Gasteiger partial charge in [0.15, 0.2) is 0 Å². The van der Waals surface area contributed by atoms with Gasteiger partial charge >= 0.3 is 0 Å². The summed E-state index contributed by atoms with van der Waals surface area (Å²) in [6.07, 6.45) is 6.92. The lowest BCUT2D eigenvalue weighted by molar-refractivity contribution is 0.0407. The zero-order valence-corrected chi connectivity index (χ0v) is 9.46. The predicted octanol–water partition coefficient (Wildman–Crippen LogP) is 1.82. The van der Waals surface area contributed by atoms with Gasteiger partial charge in [0.1, 0.15) is 0 Å². The maximum atomic E-state index is 5.56. The third-order valence-electron chi connectivity index (χ3n) is 3.27. The Morgan fingerprint density at radius 1 is 1.43 bits per heavy atom. The standard InChI is InChI=1S/C11H24N2O/c1-3-14-9(2)11(13-12)8-10-6-4-5-7-10/h9-11,13H,3-8,12H2,1-2H3. The van der Waals surface area contributed by atoms with Gasteiger partial charge in [0.25, 0.3) is 0 Å². The Hall–Kier alpha value is -0.120. The molecule has 3 N–H and O–H groups in total. The molecule has 14 heavy (non-hydrogen) atoms. The summed E-state index contributed by atoms with van der Waals surface area (Å²) >= 11 is 0. The lowest BCUT2D eigenvalue weighted by Gasteiger charge is -2.25. The zero-order chi connectivity index (χ0) is 10.4. The van der Waals surface area contributed by atoms with Crippen LogP contribution in [0.5, 0.6) is 0 Å². The minimum atomic E-state index is 0.227. The lowest BCUT2D eigenvalue weighted by atomic mass is 9.96. The van der Waals surface area contributed by atoms with E-state index in [1.807, 2.05) is 6.92 Å². The van der Waals surface area contributed by atoms with Crippen LogP contribution in [0.3, 0.4) is 0 Å². The quantitative estimate of drug-likeness (QED) is 0.508. The largest absolute Gasteiger partial charge is 0.377 e. The summed E-state index contributed by atoms with van der Waals surface area (Å²) in [5, 5.41) is 0. The van der Waals surface area contributed by atoms with Gasteiger partial charge in [-0.15, -0.1) is 0 Å². The third-order valence-corrected chi connectivity index (χ3v) is 3.27. The summed E-state index contributed by atoms with van der Waals surface area (Å²) in [5.41, 5.74) is 2.89.